The molecule has 2 saturated heterocycles. The maximum Gasteiger partial charge on any atom is 0.227 e. The van der Waals surface area contributed by atoms with E-state index in [9.17, 15) is 15.0 Å². The van der Waals surface area contributed by atoms with Gasteiger partial charge in [0.15, 0.2) is 0 Å². The van der Waals surface area contributed by atoms with Crippen LogP contribution in [-0.4, -0.2) is 58.9 Å². The molecule has 0 aromatic heterocycles. The lowest BCUT2D eigenvalue weighted by Crippen LogP contribution is -2.39. The summed E-state index contributed by atoms with van der Waals surface area (Å²) in [5.41, 5.74) is 0. The van der Waals surface area contributed by atoms with Gasteiger partial charge in [-0.05, 0) is 19.9 Å². The first-order chi connectivity index (χ1) is 7.09. The molecular weight excluding hydrogens is 196 g/mol. The van der Waals surface area contributed by atoms with Gasteiger partial charge in [-0.3, -0.25) is 4.79 Å². The number of aliphatic hydroxyl groups is 2. The average molecular weight is 214 g/mol. The molecule has 5 heteroatoms. The summed E-state index contributed by atoms with van der Waals surface area (Å²) in [4.78, 5) is 13.6. The Labute approximate surface area is 89.1 Å². The molecule has 5 nitrogen and oxygen atoms in total. The highest BCUT2D eigenvalue weighted by atomic mass is 16.3. The summed E-state index contributed by atoms with van der Waals surface area (Å²) in [5.74, 6) is 0.0607. The number of aliphatic hydroxyl groups excluding tert-OH is 2. The van der Waals surface area contributed by atoms with Crippen molar-refractivity contribution in [2.75, 3.05) is 19.6 Å². The van der Waals surface area contributed by atoms with Crippen LogP contribution in [0.2, 0.25) is 0 Å². The number of carbonyl (C=O) groups excluding carboxylic acids is 1. The second-order valence-electron chi connectivity index (χ2n) is 4.52. The number of nitrogens with one attached hydrogen (secondary N) is 1. The quantitative estimate of drug-likeness (QED) is 0.499. The van der Waals surface area contributed by atoms with Crippen molar-refractivity contribution in [1.82, 2.24) is 10.2 Å². The van der Waals surface area contributed by atoms with Crippen LogP contribution < -0.4 is 5.32 Å². The molecule has 0 aromatic rings. The van der Waals surface area contributed by atoms with E-state index in [0.717, 1.165) is 13.0 Å². The zero-order valence-corrected chi connectivity index (χ0v) is 8.89. The second-order valence-corrected chi connectivity index (χ2v) is 4.52. The van der Waals surface area contributed by atoms with Crippen LogP contribution in [0.3, 0.4) is 0 Å². The lowest BCUT2D eigenvalue weighted by atomic mass is 10.0. The molecule has 3 N–H and O–H groups in total. The summed E-state index contributed by atoms with van der Waals surface area (Å²) in [6.07, 6.45) is -0.708. The summed E-state index contributed by atoms with van der Waals surface area (Å²) >= 11 is 0. The first-order valence-electron chi connectivity index (χ1n) is 5.48. The molecule has 2 rings (SSSR count). The molecule has 4 atom stereocenters. The normalized spacial score (nSPS) is 41.1. The van der Waals surface area contributed by atoms with Gasteiger partial charge in [0.2, 0.25) is 5.91 Å². The minimum atomic E-state index is -0.779. The standard InChI is InChI=1S/C10H18N2O3/c1-6-7(2-3-11-6)10(15)12-4-8(13)9(14)5-12/h6-9,11,13-14H,2-5H2,1H3/t6?,7?,8-,9+. The van der Waals surface area contributed by atoms with E-state index in [1.165, 1.54) is 0 Å². The number of β-amino-alcohol motifs (C(OH)–C–C–N with tert-alkyl or cyclic N) is 2. The van der Waals surface area contributed by atoms with Gasteiger partial charge in [-0.2, -0.15) is 0 Å². The van der Waals surface area contributed by atoms with Crippen LogP contribution >= 0.6 is 0 Å². The number of rotatable bonds is 1. The lowest BCUT2D eigenvalue weighted by Gasteiger charge is -2.22. The van der Waals surface area contributed by atoms with Crippen molar-refractivity contribution in [2.45, 2.75) is 31.6 Å². The highest BCUT2D eigenvalue weighted by molar-refractivity contribution is 5.80. The summed E-state index contributed by atoms with van der Waals surface area (Å²) in [7, 11) is 0. The molecule has 2 aliphatic heterocycles. The van der Waals surface area contributed by atoms with E-state index in [-0.39, 0.29) is 31.0 Å². The molecule has 2 unspecified atom stereocenters. The Balaban J connectivity index is 1.97. The zero-order valence-electron chi connectivity index (χ0n) is 8.89. The predicted molar refractivity (Wildman–Crippen MR) is 54.2 cm³/mol. The van der Waals surface area contributed by atoms with Gasteiger partial charge in [-0.15, -0.1) is 0 Å². The minimum absolute atomic E-state index is 0.00231. The van der Waals surface area contributed by atoms with Crippen molar-refractivity contribution < 1.29 is 15.0 Å². The number of hydrogen-bond acceptors (Lipinski definition) is 4. The topological polar surface area (TPSA) is 72.8 Å². The van der Waals surface area contributed by atoms with Gasteiger partial charge in [-0.1, -0.05) is 0 Å². The third-order valence-corrected chi connectivity index (χ3v) is 3.41. The molecule has 0 saturated carbocycles. The Kier molecular flexibility index (Phi) is 2.95. The third kappa shape index (κ3) is 2.00. The van der Waals surface area contributed by atoms with Crippen molar-refractivity contribution >= 4 is 5.91 Å². The minimum Gasteiger partial charge on any atom is -0.388 e. The van der Waals surface area contributed by atoms with Gasteiger partial charge in [0, 0.05) is 19.1 Å². The Morgan fingerprint density at radius 3 is 2.40 bits per heavy atom. The summed E-state index contributed by atoms with van der Waals surface area (Å²) < 4.78 is 0. The Hall–Kier alpha value is -0.650. The third-order valence-electron chi connectivity index (χ3n) is 3.41. The van der Waals surface area contributed by atoms with Crippen molar-refractivity contribution in [3.05, 3.63) is 0 Å². The molecule has 15 heavy (non-hydrogen) atoms. The lowest BCUT2D eigenvalue weighted by molar-refractivity contribution is -0.135. The van der Waals surface area contributed by atoms with Gasteiger partial charge < -0.3 is 20.4 Å². The maximum absolute atomic E-state index is 12.0. The smallest absolute Gasteiger partial charge is 0.227 e. The largest absolute Gasteiger partial charge is 0.388 e. The van der Waals surface area contributed by atoms with Crippen LogP contribution in [0.4, 0.5) is 0 Å². The monoisotopic (exact) mass is 214 g/mol. The maximum atomic E-state index is 12.0. The van der Waals surface area contributed by atoms with Gasteiger partial charge >= 0.3 is 0 Å². The van der Waals surface area contributed by atoms with E-state index < -0.39 is 12.2 Å². The SMILES string of the molecule is CC1NCCC1C(=O)N1C[C@@H](O)[C@@H](O)C1. The Bertz CT molecular complexity index is 249. The predicted octanol–water partition coefficient (Wildman–Crippen LogP) is -1.45. The average Bonchev–Trinajstić information content (AvgIpc) is 2.74. The Morgan fingerprint density at radius 2 is 1.93 bits per heavy atom. The van der Waals surface area contributed by atoms with Crippen LogP contribution in [-0.2, 0) is 4.79 Å². The number of nitrogens with zero attached hydrogens (tertiary/aromatic N) is 1. The van der Waals surface area contributed by atoms with Gasteiger partial charge in [-0.25, -0.2) is 0 Å². The van der Waals surface area contributed by atoms with E-state index >= 15 is 0 Å². The van der Waals surface area contributed by atoms with Crippen LogP contribution in [0.25, 0.3) is 0 Å². The first-order valence-corrected chi connectivity index (χ1v) is 5.48. The first kappa shape index (κ1) is 10.9. The van der Waals surface area contributed by atoms with Crippen molar-refractivity contribution in [2.24, 2.45) is 5.92 Å². The highest BCUT2D eigenvalue weighted by Crippen LogP contribution is 2.21. The van der Waals surface area contributed by atoms with Crippen molar-refractivity contribution in [1.29, 1.82) is 0 Å². The molecule has 0 spiro atoms. The number of hydrogen-bond donors (Lipinski definition) is 3. The second kappa shape index (κ2) is 4.08. The van der Waals surface area contributed by atoms with Crippen molar-refractivity contribution in [3.8, 4) is 0 Å². The van der Waals surface area contributed by atoms with Crippen LogP contribution in [0.1, 0.15) is 13.3 Å². The molecule has 1 amide bonds. The van der Waals surface area contributed by atoms with E-state index in [2.05, 4.69) is 5.32 Å². The molecule has 2 heterocycles. The molecule has 86 valence electrons. The van der Waals surface area contributed by atoms with E-state index in [1.54, 1.807) is 4.90 Å². The van der Waals surface area contributed by atoms with Gasteiger partial charge in [0.05, 0.1) is 18.1 Å². The van der Waals surface area contributed by atoms with E-state index in [4.69, 9.17) is 0 Å². The number of amides is 1. The van der Waals surface area contributed by atoms with Gasteiger partial charge in [0.25, 0.3) is 0 Å². The summed E-state index contributed by atoms with van der Waals surface area (Å²) in [5, 5.41) is 22.0. The number of likely N-dealkylation sites (tertiary alicyclic amines) is 1. The van der Waals surface area contributed by atoms with Crippen LogP contribution in [0.5, 0.6) is 0 Å². The zero-order chi connectivity index (χ0) is 11.0. The number of carbonyl (C=O) groups is 1. The van der Waals surface area contributed by atoms with Gasteiger partial charge in [0.1, 0.15) is 0 Å². The molecule has 0 bridgehead atoms. The molecule has 2 aliphatic rings. The van der Waals surface area contributed by atoms with Crippen LogP contribution in [0.15, 0.2) is 0 Å². The van der Waals surface area contributed by atoms with E-state index in [0.29, 0.717) is 0 Å². The molecule has 0 radical (unpaired) electrons. The molecular formula is C10H18N2O3. The molecule has 0 aliphatic carbocycles. The summed E-state index contributed by atoms with van der Waals surface area (Å²) in [6.45, 7) is 3.40. The van der Waals surface area contributed by atoms with Crippen molar-refractivity contribution in [3.63, 3.8) is 0 Å². The highest BCUT2D eigenvalue weighted by Gasteiger charge is 2.38. The van der Waals surface area contributed by atoms with E-state index in [1.807, 2.05) is 6.92 Å². The molecule has 0 aromatic carbocycles. The fourth-order valence-corrected chi connectivity index (χ4v) is 2.38. The van der Waals surface area contributed by atoms with Crippen LogP contribution in [0, 0.1) is 5.92 Å². The fourth-order valence-electron chi connectivity index (χ4n) is 2.38. The molecule has 2 fully saturated rings. The summed E-state index contributed by atoms with van der Waals surface area (Å²) in [6, 6.07) is 0.201. The fraction of sp³-hybridized carbons (Fsp3) is 0.900. The Morgan fingerprint density at radius 1 is 1.33 bits per heavy atom.